The molecule has 8 nitrogen and oxygen atoms in total. The zero-order valence-corrected chi connectivity index (χ0v) is 23.8. The summed E-state index contributed by atoms with van der Waals surface area (Å²) in [5.41, 5.74) is -2.48. The van der Waals surface area contributed by atoms with Crippen molar-refractivity contribution in [1.82, 2.24) is 10.2 Å². The second-order valence-corrected chi connectivity index (χ2v) is 13.1. The van der Waals surface area contributed by atoms with E-state index in [2.05, 4.69) is 26.1 Å². The van der Waals surface area contributed by atoms with E-state index >= 15 is 0 Å². The summed E-state index contributed by atoms with van der Waals surface area (Å²) >= 11 is 0. The Labute approximate surface area is 216 Å². The molecule has 2 amide bonds. The fourth-order valence-corrected chi connectivity index (χ4v) is 7.49. The lowest BCUT2D eigenvalue weighted by Gasteiger charge is -2.41. The van der Waals surface area contributed by atoms with E-state index in [-0.39, 0.29) is 36.4 Å². The standard InChI is InChI=1S/C28H48N2O6/c1-10-17(4)18(15-31)30-21(22(32)29-26(8,9)16-25(5,6)7)28-14-13-27(11-2,36-28)20(19(28)23(30)33)24(34)35-12-3/h17-21,31H,10-16H2,1-9H3,(H,29,32)/t17-,18-,19-,20-,21?,27+,28?/m0/s1. The molecule has 0 saturated carbocycles. The highest BCUT2D eigenvalue weighted by atomic mass is 16.6. The first-order chi connectivity index (χ1) is 16.6. The molecule has 0 aromatic rings. The van der Waals surface area contributed by atoms with Crippen LogP contribution in [0.25, 0.3) is 0 Å². The molecule has 3 aliphatic heterocycles. The number of aliphatic hydroxyl groups is 1. The molecule has 36 heavy (non-hydrogen) atoms. The van der Waals surface area contributed by atoms with E-state index < -0.39 is 46.6 Å². The summed E-state index contributed by atoms with van der Waals surface area (Å²) in [5, 5.41) is 13.6. The Morgan fingerprint density at radius 1 is 1.19 bits per heavy atom. The number of esters is 1. The molecule has 3 aliphatic rings. The lowest BCUT2D eigenvalue weighted by Crippen LogP contribution is -2.62. The van der Waals surface area contributed by atoms with Crippen LogP contribution in [0.2, 0.25) is 0 Å². The molecule has 1 spiro atoms. The van der Waals surface area contributed by atoms with Gasteiger partial charge in [-0.3, -0.25) is 14.4 Å². The van der Waals surface area contributed by atoms with Crippen molar-refractivity contribution in [2.24, 2.45) is 23.2 Å². The van der Waals surface area contributed by atoms with Gasteiger partial charge in [0.15, 0.2) is 0 Å². The van der Waals surface area contributed by atoms with Crippen LogP contribution in [0.1, 0.15) is 94.4 Å². The van der Waals surface area contributed by atoms with Gasteiger partial charge in [0, 0.05) is 5.54 Å². The normalized spacial score (nSPS) is 33.4. The summed E-state index contributed by atoms with van der Waals surface area (Å²) in [6.07, 6.45) is 3.13. The van der Waals surface area contributed by atoms with E-state index in [1.807, 2.05) is 34.6 Å². The van der Waals surface area contributed by atoms with E-state index in [9.17, 15) is 19.5 Å². The van der Waals surface area contributed by atoms with Crippen LogP contribution in [0.15, 0.2) is 0 Å². The second kappa shape index (κ2) is 9.90. The largest absolute Gasteiger partial charge is 0.466 e. The minimum absolute atomic E-state index is 0.0171. The van der Waals surface area contributed by atoms with Crippen LogP contribution < -0.4 is 5.32 Å². The highest BCUT2D eigenvalue weighted by Gasteiger charge is 2.79. The van der Waals surface area contributed by atoms with Gasteiger partial charge in [0.1, 0.15) is 17.6 Å². The quantitative estimate of drug-likeness (QED) is 0.438. The van der Waals surface area contributed by atoms with E-state index in [1.165, 1.54) is 0 Å². The van der Waals surface area contributed by atoms with Gasteiger partial charge in [0.2, 0.25) is 11.8 Å². The maximum atomic E-state index is 14.2. The molecule has 2 N–H and O–H groups in total. The predicted octanol–water partition coefficient (Wildman–Crippen LogP) is 3.44. The number of likely N-dealkylation sites (tertiary alicyclic amines) is 1. The van der Waals surface area contributed by atoms with Crippen molar-refractivity contribution in [3.05, 3.63) is 0 Å². The molecular weight excluding hydrogens is 460 g/mol. The Morgan fingerprint density at radius 3 is 2.33 bits per heavy atom. The topological polar surface area (TPSA) is 105 Å². The molecule has 3 rings (SSSR count). The molecule has 2 unspecified atom stereocenters. The van der Waals surface area contributed by atoms with Crippen LogP contribution in [-0.4, -0.2) is 69.8 Å². The average Bonchev–Trinajstić information content (AvgIpc) is 3.36. The molecule has 3 saturated heterocycles. The molecule has 0 aliphatic carbocycles. The molecule has 0 aromatic heterocycles. The second-order valence-electron chi connectivity index (χ2n) is 13.1. The van der Waals surface area contributed by atoms with Crippen LogP contribution in [0.4, 0.5) is 0 Å². The number of carbonyl (C=O) groups is 3. The van der Waals surface area contributed by atoms with Crippen LogP contribution >= 0.6 is 0 Å². The van der Waals surface area contributed by atoms with Gasteiger partial charge in [-0.1, -0.05) is 48.0 Å². The van der Waals surface area contributed by atoms with Crippen LogP contribution in [0, 0.1) is 23.2 Å². The number of ether oxygens (including phenoxy) is 2. The number of aliphatic hydroxyl groups excluding tert-OH is 1. The van der Waals surface area contributed by atoms with E-state index in [0.29, 0.717) is 19.3 Å². The van der Waals surface area contributed by atoms with E-state index in [0.717, 1.165) is 12.8 Å². The predicted molar refractivity (Wildman–Crippen MR) is 137 cm³/mol. The number of carbonyl (C=O) groups excluding carboxylic acids is 3. The zero-order chi connectivity index (χ0) is 27.3. The maximum absolute atomic E-state index is 14.2. The molecule has 0 aromatic carbocycles. The van der Waals surface area contributed by atoms with Crippen LogP contribution in [-0.2, 0) is 23.9 Å². The third-order valence-electron chi connectivity index (χ3n) is 8.69. The first-order valence-electron chi connectivity index (χ1n) is 13.8. The van der Waals surface area contributed by atoms with Gasteiger partial charge in [-0.05, 0) is 57.8 Å². The fourth-order valence-electron chi connectivity index (χ4n) is 7.49. The molecule has 3 fully saturated rings. The number of hydrogen-bond donors (Lipinski definition) is 2. The van der Waals surface area contributed by atoms with Gasteiger partial charge in [-0.2, -0.15) is 0 Å². The van der Waals surface area contributed by atoms with Crippen LogP contribution in [0.5, 0.6) is 0 Å². The summed E-state index contributed by atoms with van der Waals surface area (Å²) in [7, 11) is 0. The molecule has 206 valence electrons. The highest BCUT2D eigenvalue weighted by molar-refractivity contribution is 5.99. The highest BCUT2D eigenvalue weighted by Crippen LogP contribution is 2.64. The van der Waals surface area contributed by atoms with Crippen molar-refractivity contribution in [3.8, 4) is 0 Å². The SMILES string of the molecule is CCOC(=O)[C@@H]1[C@H]2C(=O)N([C@@H](CO)[C@@H](C)CC)C(C(=O)NC(C)(C)CC(C)(C)C)C23CC[C@@]1(CC)O3. The monoisotopic (exact) mass is 508 g/mol. The lowest BCUT2D eigenvalue weighted by molar-refractivity contribution is -0.162. The summed E-state index contributed by atoms with van der Waals surface area (Å²) in [4.78, 5) is 43.2. The summed E-state index contributed by atoms with van der Waals surface area (Å²) in [6, 6.07) is -1.47. The maximum Gasteiger partial charge on any atom is 0.312 e. The third kappa shape index (κ3) is 4.68. The van der Waals surface area contributed by atoms with Gasteiger partial charge in [-0.15, -0.1) is 0 Å². The Bertz CT molecular complexity index is 867. The van der Waals surface area contributed by atoms with Gasteiger partial charge in [0.05, 0.1) is 30.8 Å². The van der Waals surface area contributed by atoms with Gasteiger partial charge >= 0.3 is 5.97 Å². The summed E-state index contributed by atoms with van der Waals surface area (Å²) in [5.74, 6) is -2.59. The lowest BCUT2D eigenvalue weighted by atomic mass is 9.65. The van der Waals surface area contributed by atoms with Crippen molar-refractivity contribution < 1.29 is 29.0 Å². The third-order valence-corrected chi connectivity index (χ3v) is 8.69. The molecular formula is C28H48N2O6. The van der Waals surface area contributed by atoms with Crippen molar-refractivity contribution in [2.45, 2.75) is 123 Å². The van der Waals surface area contributed by atoms with E-state index in [4.69, 9.17) is 9.47 Å². The number of nitrogens with zero attached hydrogens (tertiary/aromatic N) is 1. The smallest absolute Gasteiger partial charge is 0.312 e. The van der Waals surface area contributed by atoms with Crippen molar-refractivity contribution in [1.29, 1.82) is 0 Å². The Balaban J connectivity index is 2.12. The molecule has 3 heterocycles. The minimum Gasteiger partial charge on any atom is -0.466 e. The molecule has 7 atom stereocenters. The van der Waals surface area contributed by atoms with Crippen molar-refractivity contribution >= 4 is 17.8 Å². The molecule has 0 radical (unpaired) electrons. The number of fused-ring (bicyclic) bond motifs is 1. The van der Waals surface area contributed by atoms with Crippen molar-refractivity contribution in [3.63, 3.8) is 0 Å². The number of hydrogen-bond acceptors (Lipinski definition) is 6. The van der Waals surface area contributed by atoms with Gasteiger partial charge in [-0.25, -0.2) is 0 Å². The van der Waals surface area contributed by atoms with Gasteiger partial charge < -0.3 is 24.8 Å². The zero-order valence-electron chi connectivity index (χ0n) is 23.8. The number of amides is 2. The fraction of sp³-hybridized carbons (Fsp3) is 0.893. The Kier molecular flexibility index (Phi) is 7.94. The Morgan fingerprint density at radius 2 is 1.83 bits per heavy atom. The van der Waals surface area contributed by atoms with Crippen LogP contribution in [0.3, 0.4) is 0 Å². The summed E-state index contributed by atoms with van der Waals surface area (Å²) < 4.78 is 12.2. The first kappa shape index (κ1) is 28.9. The van der Waals surface area contributed by atoms with Crippen molar-refractivity contribution in [2.75, 3.05) is 13.2 Å². The molecule has 8 heteroatoms. The minimum atomic E-state index is -1.12. The van der Waals surface area contributed by atoms with E-state index in [1.54, 1.807) is 11.8 Å². The molecule has 2 bridgehead atoms. The Hall–Kier alpha value is -1.67. The average molecular weight is 509 g/mol. The number of nitrogens with one attached hydrogen (secondary N) is 1. The van der Waals surface area contributed by atoms with Gasteiger partial charge in [0.25, 0.3) is 0 Å². The summed E-state index contributed by atoms with van der Waals surface area (Å²) in [6.45, 7) is 18.0. The number of rotatable bonds is 10. The first-order valence-corrected chi connectivity index (χ1v) is 13.8.